The minimum absolute atomic E-state index is 0.118. The first-order chi connectivity index (χ1) is 13.1. The molecule has 0 bridgehead atoms. The van der Waals surface area contributed by atoms with Gasteiger partial charge in [0.25, 0.3) is 0 Å². The van der Waals surface area contributed by atoms with Gasteiger partial charge in [-0.05, 0) is 39.3 Å². The van der Waals surface area contributed by atoms with Crippen LogP contribution in [0.3, 0.4) is 0 Å². The Morgan fingerprint density at radius 3 is 2.85 bits per heavy atom. The number of carbonyl (C=O) groups excluding carboxylic acids is 1. The predicted octanol–water partition coefficient (Wildman–Crippen LogP) is 2.58. The summed E-state index contributed by atoms with van der Waals surface area (Å²) in [6.45, 7) is 2.41. The molecule has 2 aromatic rings. The second-order valence-electron chi connectivity index (χ2n) is 6.99. The number of hydrogen-bond acceptors (Lipinski definition) is 7. The van der Waals surface area contributed by atoms with Crippen molar-refractivity contribution in [1.82, 2.24) is 24.8 Å². The fourth-order valence-corrected chi connectivity index (χ4v) is 3.63. The lowest BCUT2D eigenvalue weighted by molar-refractivity contribution is -0.127. The van der Waals surface area contributed by atoms with Crippen LogP contribution in [0.15, 0.2) is 36.1 Å². The van der Waals surface area contributed by atoms with Crippen LogP contribution in [0.1, 0.15) is 18.5 Å². The lowest BCUT2D eigenvalue weighted by atomic mass is 9.92. The van der Waals surface area contributed by atoms with Gasteiger partial charge in [-0.1, -0.05) is 6.08 Å². The molecule has 1 fully saturated rings. The van der Waals surface area contributed by atoms with E-state index in [1.807, 2.05) is 41.4 Å². The SMILES string of the molecule is CN(C)CC=CC(=O)N1CCC(Cc2cc(Nc3nccs3)ncn2)CC1. The van der Waals surface area contributed by atoms with Gasteiger partial charge in [-0.15, -0.1) is 11.3 Å². The summed E-state index contributed by atoms with van der Waals surface area (Å²) < 4.78 is 0. The first kappa shape index (κ1) is 19.4. The average Bonchev–Trinajstić information content (AvgIpc) is 3.15. The molecule has 3 rings (SSSR count). The van der Waals surface area contributed by atoms with Crippen molar-refractivity contribution >= 4 is 28.2 Å². The highest BCUT2D eigenvalue weighted by Crippen LogP contribution is 2.23. The second-order valence-corrected chi connectivity index (χ2v) is 7.89. The Morgan fingerprint density at radius 2 is 2.15 bits per heavy atom. The lowest BCUT2D eigenvalue weighted by Gasteiger charge is -2.31. The van der Waals surface area contributed by atoms with Crippen molar-refractivity contribution in [3.63, 3.8) is 0 Å². The van der Waals surface area contributed by atoms with E-state index < -0.39 is 0 Å². The van der Waals surface area contributed by atoms with E-state index in [0.717, 1.165) is 55.5 Å². The number of amides is 1. The Kier molecular flexibility index (Phi) is 6.89. The molecule has 1 saturated heterocycles. The number of hydrogen-bond donors (Lipinski definition) is 1. The summed E-state index contributed by atoms with van der Waals surface area (Å²) in [5, 5.41) is 5.96. The number of aromatic nitrogens is 3. The van der Waals surface area contributed by atoms with Crippen molar-refractivity contribution in [3.05, 3.63) is 41.8 Å². The molecular weight excluding hydrogens is 360 g/mol. The van der Waals surface area contributed by atoms with E-state index in [0.29, 0.717) is 5.92 Å². The molecule has 1 amide bonds. The van der Waals surface area contributed by atoms with E-state index in [9.17, 15) is 4.79 Å². The second kappa shape index (κ2) is 9.57. The topological polar surface area (TPSA) is 74.2 Å². The van der Waals surface area contributed by atoms with Crippen LogP contribution in [-0.2, 0) is 11.2 Å². The van der Waals surface area contributed by atoms with Gasteiger partial charge in [-0.25, -0.2) is 15.0 Å². The van der Waals surface area contributed by atoms with Crippen LogP contribution in [0.5, 0.6) is 0 Å². The van der Waals surface area contributed by atoms with Crippen LogP contribution in [0.2, 0.25) is 0 Å². The monoisotopic (exact) mass is 386 g/mol. The molecule has 2 aromatic heterocycles. The first-order valence-corrected chi connectivity index (χ1v) is 10.1. The highest BCUT2D eigenvalue weighted by Gasteiger charge is 2.22. The Labute approximate surface area is 164 Å². The number of likely N-dealkylation sites (N-methyl/N-ethyl adjacent to an activating group) is 1. The standard InChI is InChI=1S/C19H26N6OS/c1-24(2)8-3-4-18(26)25-9-5-15(6-10-25)12-16-13-17(22-14-21-16)23-19-20-7-11-27-19/h3-4,7,11,13-15H,5-6,8-10,12H2,1-2H3,(H,20,21,22,23). The number of nitrogens with zero attached hydrogens (tertiary/aromatic N) is 5. The zero-order valence-electron chi connectivity index (χ0n) is 15.8. The Balaban J connectivity index is 1.48. The Morgan fingerprint density at radius 1 is 1.33 bits per heavy atom. The Hall–Kier alpha value is -2.32. The van der Waals surface area contributed by atoms with Crippen LogP contribution in [0.25, 0.3) is 0 Å². The van der Waals surface area contributed by atoms with Gasteiger partial charge in [0.2, 0.25) is 5.91 Å². The van der Waals surface area contributed by atoms with E-state index in [4.69, 9.17) is 0 Å². The molecule has 8 heteroatoms. The van der Waals surface area contributed by atoms with Gasteiger partial charge in [-0.2, -0.15) is 0 Å². The van der Waals surface area contributed by atoms with Crippen LogP contribution < -0.4 is 5.32 Å². The quantitative estimate of drug-likeness (QED) is 0.737. The molecule has 0 aliphatic carbocycles. The van der Waals surface area contributed by atoms with Gasteiger partial charge in [-0.3, -0.25) is 4.79 Å². The van der Waals surface area contributed by atoms with Crippen molar-refractivity contribution in [1.29, 1.82) is 0 Å². The van der Waals surface area contributed by atoms with Crippen molar-refractivity contribution in [2.75, 3.05) is 39.0 Å². The fraction of sp³-hybridized carbons (Fsp3) is 0.474. The van der Waals surface area contributed by atoms with Crippen molar-refractivity contribution < 1.29 is 4.79 Å². The summed E-state index contributed by atoms with van der Waals surface area (Å²) in [6, 6.07) is 1.99. The van der Waals surface area contributed by atoms with Crippen LogP contribution in [-0.4, -0.2) is 64.4 Å². The Bertz CT molecular complexity index is 753. The molecule has 0 spiro atoms. The maximum atomic E-state index is 12.2. The maximum absolute atomic E-state index is 12.2. The van der Waals surface area contributed by atoms with Gasteiger partial charge in [0.15, 0.2) is 5.13 Å². The normalized spacial score (nSPS) is 15.6. The van der Waals surface area contributed by atoms with Gasteiger partial charge in [0.1, 0.15) is 12.1 Å². The third kappa shape index (κ3) is 6.11. The number of nitrogens with one attached hydrogen (secondary N) is 1. The average molecular weight is 387 g/mol. The van der Waals surface area contributed by atoms with E-state index in [1.54, 1.807) is 29.9 Å². The summed E-state index contributed by atoms with van der Waals surface area (Å²) in [7, 11) is 3.98. The van der Waals surface area contributed by atoms with Gasteiger partial charge in [0.05, 0.1) is 0 Å². The number of rotatable bonds is 7. The molecule has 0 aromatic carbocycles. The van der Waals surface area contributed by atoms with Crippen LogP contribution in [0.4, 0.5) is 10.9 Å². The summed E-state index contributed by atoms with van der Waals surface area (Å²) in [6.07, 6.45) is 9.90. The third-order valence-corrected chi connectivity index (χ3v) is 5.23. The highest BCUT2D eigenvalue weighted by molar-refractivity contribution is 7.13. The molecule has 0 atom stereocenters. The number of thiazole rings is 1. The molecule has 1 aliphatic rings. The minimum atomic E-state index is 0.118. The van der Waals surface area contributed by atoms with E-state index >= 15 is 0 Å². The van der Waals surface area contributed by atoms with Gasteiger partial charge < -0.3 is 15.1 Å². The van der Waals surface area contributed by atoms with Gasteiger partial charge >= 0.3 is 0 Å². The van der Waals surface area contributed by atoms with E-state index in [1.165, 1.54) is 0 Å². The molecule has 3 heterocycles. The number of likely N-dealkylation sites (tertiary alicyclic amines) is 1. The minimum Gasteiger partial charge on any atom is -0.339 e. The molecule has 1 N–H and O–H groups in total. The van der Waals surface area contributed by atoms with E-state index in [2.05, 4.69) is 20.3 Å². The molecule has 27 heavy (non-hydrogen) atoms. The van der Waals surface area contributed by atoms with Crippen LogP contribution >= 0.6 is 11.3 Å². The number of piperidine rings is 1. The third-order valence-electron chi connectivity index (χ3n) is 4.55. The summed E-state index contributed by atoms with van der Waals surface area (Å²) in [5.41, 5.74) is 1.03. The van der Waals surface area contributed by atoms with Gasteiger partial charge in [0, 0.05) is 49.0 Å². The number of carbonyl (C=O) groups is 1. The predicted molar refractivity (Wildman–Crippen MR) is 108 cm³/mol. The molecule has 0 radical (unpaired) electrons. The first-order valence-electron chi connectivity index (χ1n) is 9.18. The van der Waals surface area contributed by atoms with Crippen molar-refractivity contribution in [2.45, 2.75) is 19.3 Å². The van der Waals surface area contributed by atoms with Crippen molar-refractivity contribution in [2.24, 2.45) is 5.92 Å². The number of anilines is 2. The molecule has 1 aliphatic heterocycles. The summed E-state index contributed by atoms with van der Waals surface area (Å²) >= 11 is 1.54. The maximum Gasteiger partial charge on any atom is 0.246 e. The zero-order chi connectivity index (χ0) is 19.1. The molecule has 7 nitrogen and oxygen atoms in total. The zero-order valence-corrected chi connectivity index (χ0v) is 16.7. The summed E-state index contributed by atoms with van der Waals surface area (Å²) in [5.74, 6) is 1.43. The molecular formula is C19H26N6OS. The molecule has 0 unspecified atom stereocenters. The smallest absolute Gasteiger partial charge is 0.246 e. The highest BCUT2D eigenvalue weighted by atomic mass is 32.1. The summed E-state index contributed by atoms with van der Waals surface area (Å²) in [4.78, 5) is 29.1. The van der Waals surface area contributed by atoms with Crippen molar-refractivity contribution in [3.8, 4) is 0 Å². The molecule has 0 saturated carbocycles. The fourth-order valence-electron chi connectivity index (χ4n) is 3.10. The van der Waals surface area contributed by atoms with E-state index in [-0.39, 0.29) is 5.91 Å². The van der Waals surface area contributed by atoms with Crippen LogP contribution in [0, 0.1) is 5.92 Å². The largest absolute Gasteiger partial charge is 0.339 e. The molecule has 144 valence electrons. The lowest BCUT2D eigenvalue weighted by Crippen LogP contribution is -2.38.